The van der Waals surface area contributed by atoms with E-state index in [0.717, 1.165) is 29.7 Å². The molecule has 0 saturated carbocycles. The number of thiophene rings is 1. The number of rotatable bonds is 6. The topological polar surface area (TPSA) is 40.6 Å². The minimum absolute atomic E-state index is 0.00278. The molecule has 1 atom stereocenters. The number of benzene rings is 2. The van der Waals surface area contributed by atoms with Crippen LogP contribution in [0.4, 0.5) is 13.2 Å². The zero-order valence-electron chi connectivity index (χ0n) is 18.7. The average molecular weight is 487 g/mol. The molecule has 4 nitrogen and oxygen atoms in total. The number of alkyl halides is 3. The van der Waals surface area contributed by atoms with Crippen molar-refractivity contribution in [3.63, 3.8) is 0 Å². The number of carbonyl (C=O) groups is 2. The van der Waals surface area contributed by atoms with Crippen LogP contribution in [-0.4, -0.2) is 35.2 Å². The average Bonchev–Trinajstić information content (AvgIpc) is 3.30. The molecule has 2 aromatic carbocycles. The van der Waals surface area contributed by atoms with Gasteiger partial charge in [0.1, 0.15) is 0 Å². The van der Waals surface area contributed by atoms with Gasteiger partial charge in [0.2, 0.25) is 11.8 Å². The predicted molar refractivity (Wildman–Crippen MR) is 125 cm³/mol. The fourth-order valence-electron chi connectivity index (χ4n) is 4.34. The molecular formula is C26H25F3N2O2S. The summed E-state index contributed by atoms with van der Waals surface area (Å²) < 4.78 is 38.9. The van der Waals surface area contributed by atoms with Gasteiger partial charge in [-0.25, -0.2) is 0 Å². The van der Waals surface area contributed by atoms with Crippen LogP contribution in [0.3, 0.4) is 0 Å². The summed E-state index contributed by atoms with van der Waals surface area (Å²) in [7, 11) is 1.54. The van der Waals surface area contributed by atoms with Crippen molar-refractivity contribution in [2.45, 2.75) is 38.0 Å². The maximum absolute atomic E-state index is 13.2. The summed E-state index contributed by atoms with van der Waals surface area (Å²) in [5, 5.41) is 2.04. The molecule has 0 saturated heterocycles. The zero-order chi connectivity index (χ0) is 24.3. The minimum Gasteiger partial charge on any atom is -0.341 e. The monoisotopic (exact) mass is 486 g/mol. The van der Waals surface area contributed by atoms with Crippen molar-refractivity contribution < 1.29 is 22.8 Å². The van der Waals surface area contributed by atoms with Crippen LogP contribution in [0.1, 0.15) is 46.0 Å². The summed E-state index contributed by atoms with van der Waals surface area (Å²) in [5.41, 5.74) is 1.81. The second-order valence-electron chi connectivity index (χ2n) is 8.40. The molecule has 0 radical (unpaired) electrons. The van der Waals surface area contributed by atoms with Crippen LogP contribution in [0.15, 0.2) is 66.0 Å². The number of carbonyl (C=O) groups excluding carboxylic acids is 2. The maximum atomic E-state index is 13.2. The first-order chi connectivity index (χ1) is 16.2. The summed E-state index contributed by atoms with van der Waals surface area (Å²) in [6.07, 6.45) is -3.60. The Hall–Kier alpha value is -3.13. The van der Waals surface area contributed by atoms with E-state index in [2.05, 4.69) is 6.07 Å². The fraction of sp³-hybridized carbons (Fsp3) is 0.308. The van der Waals surface area contributed by atoms with Crippen LogP contribution in [-0.2, 0) is 28.7 Å². The Morgan fingerprint density at radius 3 is 2.56 bits per heavy atom. The summed E-state index contributed by atoms with van der Waals surface area (Å²) >= 11 is 1.69. The molecule has 2 amide bonds. The first kappa shape index (κ1) is 24.0. The minimum atomic E-state index is -4.43. The second-order valence-corrected chi connectivity index (χ2v) is 9.40. The van der Waals surface area contributed by atoms with E-state index >= 15 is 0 Å². The number of fused-ring (bicyclic) bond motifs is 1. The molecule has 3 aromatic rings. The third-order valence-corrected chi connectivity index (χ3v) is 7.05. The lowest BCUT2D eigenvalue weighted by molar-refractivity contribution is -0.138. The van der Waals surface area contributed by atoms with E-state index in [1.54, 1.807) is 24.5 Å². The lowest BCUT2D eigenvalue weighted by atomic mass is 9.93. The van der Waals surface area contributed by atoms with Gasteiger partial charge in [-0.3, -0.25) is 9.59 Å². The molecule has 0 aliphatic carbocycles. The van der Waals surface area contributed by atoms with Crippen molar-refractivity contribution in [2.24, 2.45) is 0 Å². The highest BCUT2D eigenvalue weighted by Crippen LogP contribution is 2.38. The molecule has 0 bridgehead atoms. The molecule has 0 N–H and O–H groups in total. The molecular weight excluding hydrogens is 461 g/mol. The van der Waals surface area contributed by atoms with Gasteiger partial charge in [0, 0.05) is 37.9 Å². The van der Waals surface area contributed by atoms with Crippen molar-refractivity contribution in [3.05, 3.63) is 93.2 Å². The highest BCUT2D eigenvalue weighted by molar-refractivity contribution is 7.10. The molecule has 4 rings (SSSR count). The van der Waals surface area contributed by atoms with Gasteiger partial charge in [-0.1, -0.05) is 42.5 Å². The van der Waals surface area contributed by atoms with Crippen LogP contribution in [0.2, 0.25) is 0 Å². The van der Waals surface area contributed by atoms with Gasteiger partial charge in [0.05, 0.1) is 11.6 Å². The van der Waals surface area contributed by atoms with E-state index in [-0.39, 0.29) is 37.2 Å². The van der Waals surface area contributed by atoms with Crippen molar-refractivity contribution in [1.82, 2.24) is 9.80 Å². The Labute approximate surface area is 200 Å². The van der Waals surface area contributed by atoms with Gasteiger partial charge < -0.3 is 9.80 Å². The molecule has 34 heavy (non-hydrogen) atoms. The Balaban J connectivity index is 1.40. The standard InChI is InChI=1S/C26H25F3N2O2S/c1-30(17-18-6-5-9-20(16-18)26(27,28)29)23(32)10-11-24(33)31-14-12-22-21(13-15-34-22)25(31)19-7-3-2-4-8-19/h2-9,13,15-16,25H,10-12,14,17H2,1H3. The molecule has 2 heterocycles. The Bertz CT molecular complexity index is 1160. The van der Waals surface area contributed by atoms with Crippen LogP contribution in [0, 0.1) is 0 Å². The Morgan fingerprint density at radius 1 is 1.06 bits per heavy atom. The van der Waals surface area contributed by atoms with Gasteiger partial charge in [-0.15, -0.1) is 11.3 Å². The highest BCUT2D eigenvalue weighted by Gasteiger charge is 2.33. The molecule has 1 aromatic heterocycles. The molecule has 8 heteroatoms. The van der Waals surface area contributed by atoms with Crippen LogP contribution < -0.4 is 0 Å². The predicted octanol–water partition coefficient (Wildman–Crippen LogP) is 5.68. The van der Waals surface area contributed by atoms with Crippen LogP contribution in [0.25, 0.3) is 0 Å². The fourth-order valence-corrected chi connectivity index (χ4v) is 5.24. The number of amides is 2. The first-order valence-electron chi connectivity index (χ1n) is 11.0. The highest BCUT2D eigenvalue weighted by atomic mass is 32.1. The molecule has 0 spiro atoms. The van der Waals surface area contributed by atoms with E-state index in [9.17, 15) is 22.8 Å². The molecule has 1 unspecified atom stereocenters. The van der Waals surface area contributed by atoms with Crippen molar-refractivity contribution in [1.29, 1.82) is 0 Å². The van der Waals surface area contributed by atoms with Gasteiger partial charge in [-0.2, -0.15) is 13.2 Å². The molecule has 1 aliphatic heterocycles. The van der Waals surface area contributed by atoms with Gasteiger partial charge in [-0.05, 0) is 46.7 Å². The molecule has 1 aliphatic rings. The Morgan fingerprint density at radius 2 is 1.82 bits per heavy atom. The third kappa shape index (κ3) is 5.33. The van der Waals surface area contributed by atoms with Gasteiger partial charge in [0.15, 0.2) is 0 Å². The van der Waals surface area contributed by atoms with E-state index in [1.165, 1.54) is 15.8 Å². The van der Waals surface area contributed by atoms with Crippen molar-refractivity contribution in [3.8, 4) is 0 Å². The number of halogens is 3. The third-order valence-electron chi connectivity index (χ3n) is 6.05. The Kier molecular flexibility index (Phi) is 7.07. The molecule has 178 valence electrons. The van der Waals surface area contributed by atoms with E-state index < -0.39 is 11.7 Å². The maximum Gasteiger partial charge on any atom is 0.416 e. The van der Waals surface area contributed by atoms with Gasteiger partial charge in [0.25, 0.3) is 0 Å². The van der Waals surface area contributed by atoms with Crippen LogP contribution >= 0.6 is 11.3 Å². The zero-order valence-corrected chi connectivity index (χ0v) is 19.5. The number of hydrogen-bond acceptors (Lipinski definition) is 3. The number of hydrogen-bond donors (Lipinski definition) is 0. The SMILES string of the molecule is CN(Cc1cccc(C(F)(F)F)c1)C(=O)CCC(=O)N1CCc2sccc2C1c1ccccc1. The van der Waals surface area contributed by atoms with E-state index in [4.69, 9.17) is 0 Å². The van der Waals surface area contributed by atoms with E-state index in [1.807, 2.05) is 40.6 Å². The summed E-state index contributed by atoms with van der Waals surface area (Å²) in [6.45, 7) is 0.631. The lowest BCUT2D eigenvalue weighted by Crippen LogP contribution is -2.40. The summed E-state index contributed by atoms with van der Waals surface area (Å²) in [6, 6.07) is 16.7. The summed E-state index contributed by atoms with van der Waals surface area (Å²) in [4.78, 5) is 30.3. The quantitative estimate of drug-likeness (QED) is 0.450. The van der Waals surface area contributed by atoms with Gasteiger partial charge >= 0.3 is 6.18 Å². The molecule has 0 fully saturated rings. The van der Waals surface area contributed by atoms with Crippen molar-refractivity contribution >= 4 is 23.2 Å². The number of nitrogens with zero attached hydrogens (tertiary/aromatic N) is 2. The van der Waals surface area contributed by atoms with E-state index in [0.29, 0.717) is 12.1 Å². The second kappa shape index (κ2) is 10.0. The summed E-state index contributed by atoms with van der Waals surface area (Å²) in [5.74, 6) is -0.387. The largest absolute Gasteiger partial charge is 0.416 e. The smallest absolute Gasteiger partial charge is 0.341 e. The van der Waals surface area contributed by atoms with Crippen LogP contribution in [0.5, 0.6) is 0 Å². The normalized spacial score (nSPS) is 15.6. The lowest BCUT2D eigenvalue weighted by Gasteiger charge is -2.36. The first-order valence-corrected chi connectivity index (χ1v) is 11.9. The van der Waals surface area contributed by atoms with Crippen molar-refractivity contribution in [2.75, 3.05) is 13.6 Å².